The number of rotatable bonds is 5. The SMILES string of the molecule is CCCOc1cccnc1N1CCCC(CBr)C1. The van der Waals surface area contributed by atoms with Gasteiger partial charge in [-0.15, -0.1) is 0 Å². The third-order valence-corrected chi connectivity index (χ3v) is 4.16. The molecule has 0 saturated carbocycles. The first-order valence-corrected chi connectivity index (χ1v) is 7.86. The number of hydrogen-bond acceptors (Lipinski definition) is 3. The van der Waals surface area contributed by atoms with Crippen molar-refractivity contribution in [3.05, 3.63) is 18.3 Å². The van der Waals surface area contributed by atoms with Crippen LogP contribution in [-0.2, 0) is 0 Å². The monoisotopic (exact) mass is 312 g/mol. The van der Waals surface area contributed by atoms with Crippen LogP contribution < -0.4 is 9.64 Å². The van der Waals surface area contributed by atoms with E-state index >= 15 is 0 Å². The summed E-state index contributed by atoms with van der Waals surface area (Å²) >= 11 is 3.59. The summed E-state index contributed by atoms with van der Waals surface area (Å²) in [5.41, 5.74) is 0. The second-order valence-corrected chi connectivity index (χ2v) is 5.43. The molecule has 1 unspecified atom stereocenters. The highest BCUT2D eigenvalue weighted by Crippen LogP contribution is 2.29. The lowest BCUT2D eigenvalue weighted by Crippen LogP contribution is -2.36. The van der Waals surface area contributed by atoms with Crippen LogP contribution in [0.25, 0.3) is 0 Å². The molecule has 0 aromatic carbocycles. The van der Waals surface area contributed by atoms with Gasteiger partial charge in [-0.1, -0.05) is 22.9 Å². The van der Waals surface area contributed by atoms with E-state index in [1.54, 1.807) is 0 Å². The van der Waals surface area contributed by atoms with E-state index in [-0.39, 0.29) is 0 Å². The number of ether oxygens (including phenoxy) is 1. The number of alkyl halides is 1. The first-order chi connectivity index (χ1) is 8.85. The average Bonchev–Trinajstić information content (AvgIpc) is 2.45. The molecular formula is C14H21BrN2O. The van der Waals surface area contributed by atoms with Crippen LogP contribution in [-0.4, -0.2) is 30.0 Å². The molecule has 18 heavy (non-hydrogen) atoms. The summed E-state index contributed by atoms with van der Waals surface area (Å²) in [6.45, 7) is 5.04. The lowest BCUT2D eigenvalue weighted by Gasteiger charge is -2.33. The Kier molecular flexibility index (Phi) is 5.29. The maximum atomic E-state index is 5.79. The molecule has 3 nitrogen and oxygen atoms in total. The summed E-state index contributed by atoms with van der Waals surface area (Å²) < 4.78 is 5.79. The fourth-order valence-electron chi connectivity index (χ4n) is 2.33. The molecule has 0 spiro atoms. The Labute approximate surface area is 118 Å². The summed E-state index contributed by atoms with van der Waals surface area (Å²) in [7, 11) is 0. The molecular weight excluding hydrogens is 292 g/mol. The van der Waals surface area contributed by atoms with E-state index in [1.165, 1.54) is 12.8 Å². The topological polar surface area (TPSA) is 25.4 Å². The molecule has 1 aromatic heterocycles. The maximum Gasteiger partial charge on any atom is 0.171 e. The Bertz CT molecular complexity index is 373. The normalized spacial score (nSPS) is 19.9. The minimum Gasteiger partial charge on any atom is -0.490 e. The summed E-state index contributed by atoms with van der Waals surface area (Å²) in [6.07, 6.45) is 5.42. The number of halogens is 1. The van der Waals surface area contributed by atoms with Crippen molar-refractivity contribution in [2.24, 2.45) is 5.92 Å². The zero-order valence-corrected chi connectivity index (χ0v) is 12.5. The number of anilines is 1. The largest absolute Gasteiger partial charge is 0.490 e. The van der Waals surface area contributed by atoms with Crippen LogP contribution in [0.1, 0.15) is 26.2 Å². The van der Waals surface area contributed by atoms with Gasteiger partial charge < -0.3 is 9.64 Å². The van der Waals surface area contributed by atoms with Crippen molar-refractivity contribution in [2.75, 3.05) is 29.9 Å². The van der Waals surface area contributed by atoms with Gasteiger partial charge in [0.2, 0.25) is 0 Å². The van der Waals surface area contributed by atoms with Gasteiger partial charge in [0.1, 0.15) is 0 Å². The molecule has 100 valence electrons. The fraction of sp³-hybridized carbons (Fsp3) is 0.643. The van der Waals surface area contributed by atoms with Gasteiger partial charge in [-0.3, -0.25) is 0 Å². The zero-order valence-electron chi connectivity index (χ0n) is 10.9. The zero-order chi connectivity index (χ0) is 12.8. The van der Waals surface area contributed by atoms with Crippen LogP contribution in [0.5, 0.6) is 5.75 Å². The van der Waals surface area contributed by atoms with Crippen molar-refractivity contribution < 1.29 is 4.74 Å². The van der Waals surface area contributed by atoms with Crippen molar-refractivity contribution in [1.82, 2.24) is 4.98 Å². The lowest BCUT2D eigenvalue weighted by atomic mass is 10.0. The molecule has 1 aromatic rings. The Balaban J connectivity index is 2.11. The molecule has 0 radical (unpaired) electrons. The Morgan fingerprint density at radius 3 is 3.22 bits per heavy atom. The Morgan fingerprint density at radius 1 is 1.56 bits per heavy atom. The molecule has 0 amide bonds. The second kappa shape index (κ2) is 6.98. The molecule has 1 aliphatic rings. The van der Waals surface area contributed by atoms with Crippen molar-refractivity contribution in [3.8, 4) is 5.75 Å². The highest BCUT2D eigenvalue weighted by atomic mass is 79.9. The van der Waals surface area contributed by atoms with Crippen LogP contribution in [0.2, 0.25) is 0 Å². The average molecular weight is 313 g/mol. The van der Waals surface area contributed by atoms with Crippen molar-refractivity contribution in [3.63, 3.8) is 0 Å². The standard InChI is InChI=1S/C14H21BrN2O/c1-2-9-18-13-6-3-7-16-14(13)17-8-4-5-12(10-15)11-17/h3,6-7,12H,2,4-5,8-11H2,1H3. The first-order valence-electron chi connectivity index (χ1n) is 6.74. The Hall–Kier alpha value is -0.770. The van der Waals surface area contributed by atoms with Gasteiger partial charge in [0, 0.05) is 24.6 Å². The van der Waals surface area contributed by atoms with E-state index in [9.17, 15) is 0 Å². The molecule has 1 atom stereocenters. The quantitative estimate of drug-likeness (QED) is 0.778. The van der Waals surface area contributed by atoms with Gasteiger partial charge in [0.15, 0.2) is 11.6 Å². The van der Waals surface area contributed by atoms with Gasteiger partial charge in [-0.05, 0) is 37.3 Å². The van der Waals surface area contributed by atoms with Crippen molar-refractivity contribution >= 4 is 21.7 Å². The first kappa shape index (κ1) is 13.7. The van der Waals surface area contributed by atoms with E-state index in [0.29, 0.717) is 0 Å². The van der Waals surface area contributed by atoms with E-state index in [4.69, 9.17) is 4.74 Å². The molecule has 2 rings (SSSR count). The molecule has 0 bridgehead atoms. The minimum atomic E-state index is 0.722. The predicted octanol–water partition coefficient (Wildman–Crippen LogP) is 3.48. The number of piperidine rings is 1. The van der Waals surface area contributed by atoms with Gasteiger partial charge in [0.25, 0.3) is 0 Å². The van der Waals surface area contributed by atoms with E-state index in [1.807, 2.05) is 18.3 Å². The van der Waals surface area contributed by atoms with Gasteiger partial charge in [-0.2, -0.15) is 0 Å². The molecule has 2 heterocycles. The molecule has 4 heteroatoms. The molecule has 1 aliphatic heterocycles. The van der Waals surface area contributed by atoms with E-state index in [2.05, 4.69) is 32.7 Å². The van der Waals surface area contributed by atoms with Crippen LogP contribution in [0.4, 0.5) is 5.82 Å². The van der Waals surface area contributed by atoms with Gasteiger partial charge >= 0.3 is 0 Å². The van der Waals surface area contributed by atoms with Crippen LogP contribution in [0.3, 0.4) is 0 Å². The lowest BCUT2D eigenvalue weighted by molar-refractivity contribution is 0.315. The summed E-state index contributed by atoms with van der Waals surface area (Å²) in [5.74, 6) is 2.66. The molecule has 0 N–H and O–H groups in total. The third-order valence-electron chi connectivity index (χ3n) is 3.25. The summed E-state index contributed by atoms with van der Waals surface area (Å²) in [4.78, 5) is 6.87. The van der Waals surface area contributed by atoms with Gasteiger partial charge in [0.05, 0.1) is 6.61 Å². The highest BCUT2D eigenvalue weighted by molar-refractivity contribution is 9.09. The summed E-state index contributed by atoms with van der Waals surface area (Å²) in [5, 5.41) is 1.07. The number of nitrogens with zero attached hydrogens (tertiary/aromatic N) is 2. The molecule has 1 saturated heterocycles. The number of pyridine rings is 1. The minimum absolute atomic E-state index is 0.722. The van der Waals surface area contributed by atoms with Crippen molar-refractivity contribution in [1.29, 1.82) is 0 Å². The predicted molar refractivity (Wildman–Crippen MR) is 78.8 cm³/mol. The van der Waals surface area contributed by atoms with E-state index < -0.39 is 0 Å². The fourth-order valence-corrected chi connectivity index (χ4v) is 2.86. The number of aromatic nitrogens is 1. The van der Waals surface area contributed by atoms with E-state index in [0.717, 1.165) is 48.9 Å². The van der Waals surface area contributed by atoms with Crippen LogP contribution in [0.15, 0.2) is 18.3 Å². The Morgan fingerprint density at radius 2 is 2.44 bits per heavy atom. The van der Waals surface area contributed by atoms with Crippen LogP contribution >= 0.6 is 15.9 Å². The highest BCUT2D eigenvalue weighted by Gasteiger charge is 2.22. The maximum absolute atomic E-state index is 5.79. The van der Waals surface area contributed by atoms with Gasteiger partial charge in [-0.25, -0.2) is 4.98 Å². The third kappa shape index (κ3) is 3.37. The molecule has 0 aliphatic carbocycles. The summed E-state index contributed by atoms with van der Waals surface area (Å²) in [6, 6.07) is 3.97. The van der Waals surface area contributed by atoms with Crippen LogP contribution in [0, 0.1) is 5.92 Å². The molecule has 1 fully saturated rings. The van der Waals surface area contributed by atoms with Crippen molar-refractivity contribution in [2.45, 2.75) is 26.2 Å². The second-order valence-electron chi connectivity index (χ2n) is 4.78. The smallest absolute Gasteiger partial charge is 0.171 e. The number of hydrogen-bond donors (Lipinski definition) is 0.